The van der Waals surface area contributed by atoms with Crippen molar-refractivity contribution in [2.75, 3.05) is 0 Å². The number of Topliss-reactive ketones (excluding diaryl/α,β-unsaturated/α-hetero) is 3. The van der Waals surface area contributed by atoms with E-state index in [4.69, 9.17) is 4.74 Å². The molecule has 1 aromatic rings. The van der Waals surface area contributed by atoms with Gasteiger partial charge in [0.05, 0.1) is 5.56 Å². The minimum atomic E-state index is -1.38. The molecule has 212 valence electrons. The third kappa shape index (κ3) is 3.10. The largest absolute Gasteiger partial charge is 0.507 e. The summed E-state index contributed by atoms with van der Waals surface area (Å²) >= 11 is 0. The van der Waals surface area contributed by atoms with Crippen LogP contribution in [0.5, 0.6) is 5.75 Å². The lowest BCUT2D eigenvalue weighted by atomic mass is 9.47. The van der Waals surface area contributed by atoms with Gasteiger partial charge in [0.25, 0.3) is 0 Å². The smallest absolute Gasteiger partial charge is 0.224 e. The molecule has 7 heteroatoms. The van der Waals surface area contributed by atoms with Crippen molar-refractivity contribution in [3.63, 3.8) is 0 Å². The molecule has 3 heterocycles. The van der Waals surface area contributed by atoms with E-state index in [0.717, 1.165) is 5.57 Å². The van der Waals surface area contributed by atoms with Gasteiger partial charge < -0.3 is 15.2 Å². The van der Waals surface area contributed by atoms with Crippen LogP contribution < -0.4 is 5.32 Å². The number of aryl methyl sites for hydroxylation is 1. The monoisotopic (exact) mass is 545 g/mol. The molecular weight excluding hydrogens is 506 g/mol. The van der Waals surface area contributed by atoms with Crippen molar-refractivity contribution >= 4 is 23.3 Å². The van der Waals surface area contributed by atoms with Gasteiger partial charge in [-0.3, -0.25) is 19.2 Å². The first-order chi connectivity index (χ1) is 18.6. The molecule has 8 atom stereocenters. The van der Waals surface area contributed by atoms with E-state index in [-0.39, 0.29) is 52.8 Å². The fourth-order valence-corrected chi connectivity index (χ4v) is 9.28. The SMILES string of the molecule is CC1=CC(C)C=C(C)C2C3(C)OC24CC2(NC(=O)C(CC(C)C)C2C(C)C1=O)C(=O)c1cc(C)c(O)c(c14)C3=O. The van der Waals surface area contributed by atoms with Crippen molar-refractivity contribution in [3.05, 3.63) is 51.6 Å². The first-order valence-electron chi connectivity index (χ1n) is 14.5. The van der Waals surface area contributed by atoms with Gasteiger partial charge in [0.2, 0.25) is 5.91 Å². The molecular formula is C33H39NO6. The number of phenolic OH excluding ortho intramolecular Hbond substituents is 1. The van der Waals surface area contributed by atoms with E-state index in [1.807, 2.05) is 47.6 Å². The van der Waals surface area contributed by atoms with Crippen LogP contribution >= 0.6 is 0 Å². The number of carbonyl (C=O) groups excluding carboxylic acids is 4. The predicted octanol–water partition coefficient (Wildman–Crippen LogP) is 4.98. The maximum absolute atomic E-state index is 14.8. The van der Waals surface area contributed by atoms with Crippen LogP contribution in [0.2, 0.25) is 0 Å². The van der Waals surface area contributed by atoms with Gasteiger partial charge in [0.15, 0.2) is 17.3 Å². The van der Waals surface area contributed by atoms with Crippen LogP contribution in [0.25, 0.3) is 0 Å². The highest BCUT2D eigenvalue weighted by Crippen LogP contribution is 2.70. The van der Waals surface area contributed by atoms with E-state index >= 15 is 0 Å². The highest BCUT2D eigenvalue weighted by atomic mass is 16.6. The van der Waals surface area contributed by atoms with Gasteiger partial charge in [0, 0.05) is 41.2 Å². The van der Waals surface area contributed by atoms with Crippen molar-refractivity contribution in [3.8, 4) is 5.75 Å². The second-order valence-corrected chi connectivity index (χ2v) is 13.7. The van der Waals surface area contributed by atoms with Crippen molar-refractivity contribution in [1.29, 1.82) is 0 Å². The molecule has 1 aromatic carbocycles. The normalized spacial score (nSPS) is 40.0. The minimum Gasteiger partial charge on any atom is -0.507 e. The average molecular weight is 546 g/mol. The van der Waals surface area contributed by atoms with Crippen LogP contribution in [0.4, 0.5) is 0 Å². The molecule has 0 aromatic heterocycles. The van der Waals surface area contributed by atoms with Crippen molar-refractivity contribution in [2.24, 2.45) is 35.5 Å². The van der Waals surface area contributed by atoms with Gasteiger partial charge >= 0.3 is 0 Å². The van der Waals surface area contributed by atoms with Crippen LogP contribution in [-0.2, 0) is 19.9 Å². The molecule has 3 bridgehead atoms. The summed E-state index contributed by atoms with van der Waals surface area (Å²) in [4.78, 5) is 56.5. The summed E-state index contributed by atoms with van der Waals surface area (Å²) in [6, 6.07) is 1.64. The van der Waals surface area contributed by atoms with Crippen molar-refractivity contribution in [2.45, 2.75) is 85.0 Å². The van der Waals surface area contributed by atoms with E-state index in [2.05, 4.69) is 11.4 Å². The number of phenols is 1. The minimum absolute atomic E-state index is 0.0680. The molecule has 2 spiro atoms. The van der Waals surface area contributed by atoms with Crippen LogP contribution in [0.1, 0.15) is 93.2 Å². The lowest BCUT2D eigenvalue weighted by Crippen LogP contribution is -2.77. The maximum atomic E-state index is 14.8. The number of benzene rings is 1. The number of amides is 1. The summed E-state index contributed by atoms with van der Waals surface area (Å²) in [5.74, 6) is -3.07. The first kappa shape index (κ1) is 27.1. The summed E-state index contributed by atoms with van der Waals surface area (Å²) in [5, 5.41) is 14.3. The Morgan fingerprint density at radius 2 is 1.75 bits per heavy atom. The van der Waals surface area contributed by atoms with Gasteiger partial charge in [-0.15, -0.1) is 0 Å². The summed E-state index contributed by atoms with van der Waals surface area (Å²) < 4.78 is 6.69. The number of hydrogen-bond acceptors (Lipinski definition) is 6. The Kier molecular flexibility index (Phi) is 5.59. The lowest BCUT2D eigenvalue weighted by Gasteiger charge is -2.68. The van der Waals surface area contributed by atoms with E-state index in [1.165, 1.54) is 0 Å². The van der Waals surface area contributed by atoms with Gasteiger partial charge in [-0.1, -0.05) is 45.4 Å². The number of carbonyl (C=O) groups is 4. The van der Waals surface area contributed by atoms with Crippen molar-refractivity contribution in [1.82, 2.24) is 5.32 Å². The van der Waals surface area contributed by atoms with Gasteiger partial charge in [-0.25, -0.2) is 0 Å². The standard InChI is InChI=1S/C33H39NO6/c1-14(2)9-21-23-19(7)25(35)16(4)10-15(3)11-18(6)27-31(8)29(38)22-24-20(12-17(5)26(22)36)28(37)32(23,34-30(21)39)13-33(24,27)40-31/h10-12,14-15,19,21,23,27,36H,9,13H2,1-8H3,(H,34,39). The average Bonchev–Trinajstić information content (AvgIpc) is 3.10. The topological polar surface area (TPSA) is 110 Å². The van der Waals surface area contributed by atoms with E-state index in [0.29, 0.717) is 28.7 Å². The van der Waals surface area contributed by atoms with Crippen molar-refractivity contribution < 1.29 is 29.0 Å². The molecule has 0 saturated carbocycles. The van der Waals surface area contributed by atoms with Gasteiger partial charge in [-0.05, 0) is 63.2 Å². The third-order valence-electron chi connectivity index (χ3n) is 10.4. The molecule has 6 aliphatic rings. The van der Waals surface area contributed by atoms with Crippen LogP contribution in [0.3, 0.4) is 0 Å². The quantitative estimate of drug-likeness (QED) is 0.508. The molecule has 2 saturated heterocycles. The molecule has 8 unspecified atom stereocenters. The third-order valence-corrected chi connectivity index (χ3v) is 10.4. The molecule has 7 nitrogen and oxygen atoms in total. The molecule has 2 fully saturated rings. The number of nitrogens with one attached hydrogen (secondary N) is 1. The summed E-state index contributed by atoms with van der Waals surface area (Å²) in [6.07, 6.45) is 4.65. The highest BCUT2D eigenvalue weighted by Gasteiger charge is 2.78. The molecule has 3 aliphatic heterocycles. The number of allylic oxidation sites excluding steroid dienone is 3. The van der Waals surface area contributed by atoms with Crippen LogP contribution in [0.15, 0.2) is 29.4 Å². The first-order valence-corrected chi connectivity index (χ1v) is 14.5. The zero-order valence-electron chi connectivity index (χ0n) is 24.6. The Morgan fingerprint density at radius 1 is 1.07 bits per heavy atom. The number of hydrogen-bond donors (Lipinski definition) is 2. The van der Waals surface area contributed by atoms with E-state index < -0.39 is 40.4 Å². The number of ether oxygens (including phenoxy) is 1. The van der Waals surface area contributed by atoms with Crippen LogP contribution in [0, 0.1) is 42.4 Å². The lowest BCUT2D eigenvalue weighted by molar-refractivity contribution is -0.303. The number of aromatic hydroxyl groups is 1. The maximum Gasteiger partial charge on any atom is 0.224 e. The summed E-state index contributed by atoms with van der Waals surface area (Å²) in [5.41, 5.74) is -0.848. The van der Waals surface area contributed by atoms with E-state index in [1.54, 1.807) is 19.9 Å². The molecule has 3 aliphatic carbocycles. The Balaban J connectivity index is 1.72. The summed E-state index contributed by atoms with van der Waals surface area (Å²) in [6.45, 7) is 15.2. The molecule has 1 amide bonds. The Hall–Kier alpha value is -3.06. The molecule has 0 radical (unpaired) electrons. The number of ketones is 3. The number of rotatable bonds is 2. The van der Waals surface area contributed by atoms with Crippen LogP contribution in [-0.4, -0.2) is 39.5 Å². The fourth-order valence-electron chi connectivity index (χ4n) is 9.28. The predicted molar refractivity (Wildman–Crippen MR) is 149 cm³/mol. The zero-order chi connectivity index (χ0) is 29.3. The van der Waals surface area contributed by atoms with Gasteiger partial charge in [-0.2, -0.15) is 0 Å². The van der Waals surface area contributed by atoms with Gasteiger partial charge in [0.1, 0.15) is 22.5 Å². The summed E-state index contributed by atoms with van der Waals surface area (Å²) in [7, 11) is 0. The molecule has 2 N–H and O–H groups in total. The molecule has 40 heavy (non-hydrogen) atoms. The Labute approximate surface area is 235 Å². The highest BCUT2D eigenvalue weighted by molar-refractivity contribution is 6.17. The second-order valence-electron chi connectivity index (χ2n) is 13.7. The zero-order valence-corrected chi connectivity index (χ0v) is 24.6. The Bertz CT molecular complexity index is 1480. The fraction of sp³-hybridized carbons (Fsp3) is 0.576. The van der Waals surface area contributed by atoms with E-state index in [9.17, 15) is 24.3 Å². The molecule has 7 rings (SSSR count). The second kappa shape index (κ2) is 8.25. The Morgan fingerprint density at radius 3 is 2.40 bits per heavy atom.